The van der Waals surface area contributed by atoms with Crippen molar-refractivity contribution in [3.8, 4) is 5.88 Å². The molecule has 5 heteroatoms. The zero-order chi connectivity index (χ0) is 13.7. The maximum absolute atomic E-state index is 12.0. The summed E-state index contributed by atoms with van der Waals surface area (Å²) in [6.45, 7) is 2.04. The van der Waals surface area contributed by atoms with Crippen molar-refractivity contribution < 1.29 is 9.53 Å². The van der Waals surface area contributed by atoms with Crippen molar-refractivity contribution in [3.63, 3.8) is 0 Å². The average molecular weight is 257 g/mol. The molecule has 98 valence electrons. The Hall–Kier alpha value is -2.43. The Balaban J connectivity index is 2.16. The molecule has 19 heavy (non-hydrogen) atoms. The van der Waals surface area contributed by atoms with E-state index in [1.54, 1.807) is 12.1 Å². The first-order chi connectivity index (χ1) is 9.24. The summed E-state index contributed by atoms with van der Waals surface area (Å²) in [5.74, 6) is 0.0987. The molecule has 0 fully saturated rings. The number of nitrogens with zero attached hydrogens (tertiary/aromatic N) is 2. The van der Waals surface area contributed by atoms with E-state index in [1.165, 1.54) is 7.11 Å². The molecule has 2 rings (SSSR count). The van der Waals surface area contributed by atoms with Crippen LogP contribution in [-0.2, 0) is 6.42 Å². The summed E-state index contributed by atoms with van der Waals surface area (Å²) in [6.07, 6.45) is 0.852. The Kier molecular flexibility index (Phi) is 4.07. The number of carbonyl (C=O) groups excluding carboxylic acids is 1. The molecule has 5 nitrogen and oxygen atoms in total. The molecule has 0 radical (unpaired) electrons. The number of carbonyl (C=O) groups is 1. The van der Waals surface area contributed by atoms with Gasteiger partial charge in [-0.25, -0.2) is 0 Å². The van der Waals surface area contributed by atoms with Crippen molar-refractivity contribution in [3.05, 3.63) is 47.7 Å². The van der Waals surface area contributed by atoms with E-state index in [4.69, 9.17) is 4.74 Å². The van der Waals surface area contributed by atoms with Crippen LogP contribution in [0.25, 0.3) is 0 Å². The van der Waals surface area contributed by atoms with Gasteiger partial charge in [0.15, 0.2) is 5.69 Å². The smallest absolute Gasteiger partial charge is 0.276 e. The summed E-state index contributed by atoms with van der Waals surface area (Å²) in [4.78, 5) is 12.0. The number of hydrogen-bond acceptors (Lipinski definition) is 4. The number of ether oxygens (including phenoxy) is 1. The number of hydrogen-bond donors (Lipinski definition) is 1. The summed E-state index contributed by atoms with van der Waals surface area (Å²) in [5.41, 5.74) is 2.14. The Morgan fingerprint density at radius 2 is 2.00 bits per heavy atom. The third-order valence-corrected chi connectivity index (χ3v) is 2.73. The summed E-state index contributed by atoms with van der Waals surface area (Å²) in [7, 11) is 1.50. The fourth-order valence-electron chi connectivity index (χ4n) is 1.69. The van der Waals surface area contributed by atoms with Gasteiger partial charge in [-0.2, -0.15) is 0 Å². The highest BCUT2D eigenvalue weighted by Crippen LogP contribution is 2.16. The van der Waals surface area contributed by atoms with Crippen LogP contribution < -0.4 is 10.1 Å². The number of rotatable bonds is 4. The number of benzene rings is 1. The average Bonchev–Trinajstić information content (AvgIpc) is 2.48. The first-order valence-corrected chi connectivity index (χ1v) is 6.01. The van der Waals surface area contributed by atoms with E-state index >= 15 is 0 Å². The van der Waals surface area contributed by atoms with Crippen molar-refractivity contribution >= 4 is 11.6 Å². The second kappa shape index (κ2) is 5.95. The molecule has 2 aromatic rings. The maximum atomic E-state index is 12.0. The molecule has 1 amide bonds. The highest BCUT2D eigenvalue weighted by molar-refractivity contribution is 6.03. The molecule has 0 atom stereocenters. The van der Waals surface area contributed by atoms with Gasteiger partial charge in [0.05, 0.1) is 7.11 Å². The fraction of sp³-hybridized carbons (Fsp3) is 0.214. The monoisotopic (exact) mass is 257 g/mol. The van der Waals surface area contributed by atoms with E-state index in [0.29, 0.717) is 5.88 Å². The maximum Gasteiger partial charge on any atom is 0.276 e. The van der Waals surface area contributed by atoms with Crippen LogP contribution >= 0.6 is 0 Å². The van der Waals surface area contributed by atoms with Gasteiger partial charge in [0.1, 0.15) is 0 Å². The van der Waals surface area contributed by atoms with Gasteiger partial charge in [-0.1, -0.05) is 25.1 Å². The van der Waals surface area contributed by atoms with Gasteiger partial charge in [0, 0.05) is 11.8 Å². The standard InChI is InChI=1S/C14H15N3O2/c1-3-10-6-4-5-7-11(10)15-14(18)12-8-9-13(19-2)17-16-12/h4-9H,3H2,1-2H3,(H,15,18). The lowest BCUT2D eigenvalue weighted by Gasteiger charge is -2.08. The molecular formula is C14H15N3O2. The minimum Gasteiger partial charge on any atom is -0.480 e. The molecule has 0 bridgehead atoms. The van der Waals surface area contributed by atoms with Gasteiger partial charge in [-0.15, -0.1) is 10.2 Å². The quantitative estimate of drug-likeness (QED) is 0.912. The highest BCUT2D eigenvalue weighted by atomic mass is 16.5. The zero-order valence-corrected chi connectivity index (χ0v) is 10.9. The molecule has 1 heterocycles. The number of nitrogens with one attached hydrogen (secondary N) is 1. The van der Waals surface area contributed by atoms with E-state index in [0.717, 1.165) is 17.7 Å². The zero-order valence-electron chi connectivity index (χ0n) is 10.9. The van der Waals surface area contributed by atoms with Crippen molar-refractivity contribution in [1.29, 1.82) is 0 Å². The molecule has 0 unspecified atom stereocenters. The Labute approximate surface area is 111 Å². The summed E-state index contributed by atoms with van der Waals surface area (Å²) < 4.78 is 4.90. The van der Waals surface area contributed by atoms with E-state index in [9.17, 15) is 4.79 Å². The molecule has 1 aromatic heterocycles. The lowest BCUT2D eigenvalue weighted by Crippen LogP contribution is -2.15. The lowest BCUT2D eigenvalue weighted by atomic mass is 10.1. The Bertz CT molecular complexity index is 567. The van der Waals surface area contributed by atoms with E-state index in [1.807, 2.05) is 31.2 Å². The van der Waals surface area contributed by atoms with Crippen LogP contribution in [-0.4, -0.2) is 23.2 Å². The van der Waals surface area contributed by atoms with Crippen molar-refractivity contribution in [2.75, 3.05) is 12.4 Å². The fourth-order valence-corrected chi connectivity index (χ4v) is 1.69. The third-order valence-electron chi connectivity index (χ3n) is 2.73. The highest BCUT2D eigenvalue weighted by Gasteiger charge is 2.10. The van der Waals surface area contributed by atoms with Crippen LogP contribution in [0.15, 0.2) is 36.4 Å². The number of amides is 1. The van der Waals surface area contributed by atoms with Crippen LogP contribution in [0, 0.1) is 0 Å². The van der Waals surface area contributed by atoms with Gasteiger partial charge < -0.3 is 10.1 Å². The van der Waals surface area contributed by atoms with Crippen LogP contribution in [0.5, 0.6) is 5.88 Å². The van der Waals surface area contributed by atoms with E-state index in [2.05, 4.69) is 15.5 Å². The molecule has 0 saturated carbocycles. The molecule has 1 N–H and O–H groups in total. The van der Waals surface area contributed by atoms with Gasteiger partial charge in [-0.05, 0) is 24.1 Å². The number of anilines is 1. The van der Waals surface area contributed by atoms with Crippen molar-refractivity contribution in [1.82, 2.24) is 10.2 Å². The lowest BCUT2D eigenvalue weighted by molar-refractivity contribution is 0.102. The van der Waals surface area contributed by atoms with Crippen LogP contribution in [0.1, 0.15) is 23.0 Å². The van der Waals surface area contributed by atoms with Crippen molar-refractivity contribution in [2.45, 2.75) is 13.3 Å². The third kappa shape index (κ3) is 3.07. The largest absolute Gasteiger partial charge is 0.480 e. The van der Waals surface area contributed by atoms with Gasteiger partial charge in [0.2, 0.25) is 5.88 Å². The second-order valence-corrected chi connectivity index (χ2v) is 3.93. The van der Waals surface area contributed by atoms with E-state index < -0.39 is 0 Å². The Morgan fingerprint density at radius 3 is 2.63 bits per heavy atom. The summed E-state index contributed by atoms with van der Waals surface area (Å²) >= 11 is 0. The molecule has 0 saturated heterocycles. The first-order valence-electron chi connectivity index (χ1n) is 6.01. The summed E-state index contributed by atoms with van der Waals surface area (Å²) in [5, 5.41) is 10.4. The molecular weight excluding hydrogens is 242 g/mol. The van der Waals surface area contributed by atoms with Crippen molar-refractivity contribution in [2.24, 2.45) is 0 Å². The first kappa shape index (κ1) is 13.0. The van der Waals surface area contributed by atoms with E-state index in [-0.39, 0.29) is 11.6 Å². The summed E-state index contributed by atoms with van der Waals surface area (Å²) in [6, 6.07) is 10.9. The molecule has 0 aliphatic carbocycles. The van der Waals surface area contributed by atoms with Crippen LogP contribution in [0.2, 0.25) is 0 Å². The molecule has 0 spiro atoms. The second-order valence-electron chi connectivity index (χ2n) is 3.93. The number of aryl methyl sites for hydroxylation is 1. The SMILES string of the molecule is CCc1ccccc1NC(=O)c1ccc(OC)nn1. The molecule has 0 aliphatic heterocycles. The number of aromatic nitrogens is 2. The molecule has 0 aliphatic rings. The topological polar surface area (TPSA) is 64.1 Å². The normalized spacial score (nSPS) is 10.0. The van der Waals surface area contributed by atoms with Gasteiger partial charge in [0.25, 0.3) is 5.91 Å². The Morgan fingerprint density at radius 1 is 1.21 bits per heavy atom. The van der Waals surface area contributed by atoms with Crippen LogP contribution in [0.3, 0.4) is 0 Å². The number of para-hydroxylation sites is 1. The minimum absolute atomic E-state index is 0.256. The minimum atomic E-state index is -0.281. The molecule has 1 aromatic carbocycles. The van der Waals surface area contributed by atoms with Crippen LogP contribution in [0.4, 0.5) is 5.69 Å². The number of methoxy groups -OCH3 is 1. The predicted octanol–water partition coefficient (Wildman–Crippen LogP) is 2.30. The van der Waals surface area contributed by atoms with Gasteiger partial charge in [-0.3, -0.25) is 4.79 Å². The predicted molar refractivity (Wildman–Crippen MR) is 72.4 cm³/mol. The van der Waals surface area contributed by atoms with Gasteiger partial charge >= 0.3 is 0 Å².